The first-order chi connectivity index (χ1) is 9.02. The van der Waals surface area contributed by atoms with E-state index in [0.717, 1.165) is 23.9 Å². The summed E-state index contributed by atoms with van der Waals surface area (Å²) in [6.45, 7) is 6.81. The first-order valence-electron chi connectivity index (χ1n) is 8.52. The van der Waals surface area contributed by atoms with Crippen LogP contribution >= 0.6 is 0 Å². The Bertz CT molecular complexity index is 192. The molecule has 0 fully saturated rings. The monoisotopic (exact) mass is 272 g/mol. The molecule has 0 saturated heterocycles. The summed E-state index contributed by atoms with van der Waals surface area (Å²) < 4.78 is 1.05. The van der Waals surface area contributed by atoms with Crippen molar-refractivity contribution in [3.05, 3.63) is 0 Å². The third-order valence-corrected chi connectivity index (χ3v) is 4.04. The number of hydrogen-bond donors (Lipinski definition) is 1. The Balaban J connectivity index is 3.41. The standard InChI is InChI=1S/C17H38NO/c1-5-7-8-9-10-11-12-13-17(19)14-16-18(3,4)15-6-2/h17,19H,5-16H2,1-4H3/q+1. The number of aliphatic hydroxyl groups excluding tert-OH is 1. The third-order valence-electron chi connectivity index (χ3n) is 4.04. The SMILES string of the molecule is CCCCCCCCCC(O)CC[N+](C)(C)CCC. The summed E-state index contributed by atoms with van der Waals surface area (Å²) in [7, 11) is 4.54. The van der Waals surface area contributed by atoms with Crippen molar-refractivity contribution in [2.75, 3.05) is 27.2 Å². The minimum absolute atomic E-state index is 0.0788. The summed E-state index contributed by atoms with van der Waals surface area (Å²) in [6.07, 6.45) is 12.4. The van der Waals surface area contributed by atoms with Crippen LogP contribution in [0.1, 0.15) is 78.1 Å². The Kier molecular flexibility index (Phi) is 11.7. The van der Waals surface area contributed by atoms with Crippen LogP contribution in [-0.2, 0) is 0 Å². The molecule has 0 radical (unpaired) electrons. The predicted molar refractivity (Wildman–Crippen MR) is 85.4 cm³/mol. The predicted octanol–water partition coefficient (Wildman–Crippen LogP) is 4.36. The zero-order valence-corrected chi connectivity index (χ0v) is 14.0. The molecule has 116 valence electrons. The van der Waals surface area contributed by atoms with E-state index in [9.17, 15) is 5.11 Å². The molecule has 0 amide bonds. The second kappa shape index (κ2) is 11.7. The molecule has 2 heteroatoms. The quantitative estimate of drug-likeness (QED) is 0.390. The van der Waals surface area contributed by atoms with Gasteiger partial charge in [-0.15, -0.1) is 0 Å². The maximum atomic E-state index is 10.0. The lowest BCUT2D eigenvalue weighted by atomic mass is 10.0. The van der Waals surface area contributed by atoms with E-state index in [1.807, 2.05) is 0 Å². The van der Waals surface area contributed by atoms with Crippen LogP contribution in [0.25, 0.3) is 0 Å². The summed E-state index contributed by atoms with van der Waals surface area (Å²) in [5.74, 6) is 0. The first kappa shape index (κ1) is 18.9. The molecule has 1 atom stereocenters. The fraction of sp³-hybridized carbons (Fsp3) is 1.00. The molecular weight excluding hydrogens is 234 g/mol. The lowest BCUT2D eigenvalue weighted by molar-refractivity contribution is -0.890. The van der Waals surface area contributed by atoms with E-state index in [1.54, 1.807) is 0 Å². The average molecular weight is 272 g/mol. The molecular formula is C17H38NO+. The second-order valence-corrected chi connectivity index (χ2v) is 6.74. The van der Waals surface area contributed by atoms with Crippen molar-refractivity contribution in [1.29, 1.82) is 0 Å². The zero-order valence-electron chi connectivity index (χ0n) is 14.0. The molecule has 0 heterocycles. The maximum absolute atomic E-state index is 10.0. The van der Waals surface area contributed by atoms with E-state index in [-0.39, 0.29) is 6.10 Å². The van der Waals surface area contributed by atoms with E-state index in [2.05, 4.69) is 27.9 Å². The Hall–Kier alpha value is -0.0800. The number of nitrogens with zero attached hydrogens (tertiary/aromatic N) is 1. The molecule has 0 aliphatic heterocycles. The van der Waals surface area contributed by atoms with Gasteiger partial charge in [0.05, 0.1) is 33.3 Å². The lowest BCUT2D eigenvalue weighted by Crippen LogP contribution is -2.42. The molecule has 0 aliphatic carbocycles. The molecule has 0 aromatic heterocycles. The van der Waals surface area contributed by atoms with Gasteiger partial charge >= 0.3 is 0 Å². The van der Waals surface area contributed by atoms with Gasteiger partial charge in [-0.1, -0.05) is 58.8 Å². The van der Waals surface area contributed by atoms with Gasteiger partial charge in [-0.3, -0.25) is 0 Å². The highest BCUT2D eigenvalue weighted by Crippen LogP contribution is 2.12. The van der Waals surface area contributed by atoms with Gasteiger partial charge in [-0.05, 0) is 12.8 Å². The van der Waals surface area contributed by atoms with E-state index in [0.29, 0.717) is 0 Å². The summed E-state index contributed by atoms with van der Waals surface area (Å²) in [6, 6.07) is 0. The van der Waals surface area contributed by atoms with Gasteiger partial charge in [0.2, 0.25) is 0 Å². The van der Waals surface area contributed by atoms with Gasteiger partial charge in [0.25, 0.3) is 0 Å². The number of aliphatic hydroxyl groups is 1. The molecule has 0 aromatic carbocycles. The number of unbranched alkanes of at least 4 members (excludes halogenated alkanes) is 6. The van der Waals surface area contributed by atoms with Crippen LogP contribution < -0.4 is 0 Å². The van der Waals surface area contributed by atoms with Crippen molar-refractivity contribution in [2.45, 2.75) is 84.2 Å². The molecule has 0 rings (SSSR count). The van der Waals surface area contributed by atoms with Crippen LogP contribution in [0.3, 0.4) is 0 Å². The van der Waals surface area contributed by atoms with E-state index in [1.165, 1.54) is 57.9 Å². The molecule has 0 spiro atoms. The highest BCUT2D eigenvalue weighted by molar-refractivity contribution is 4.56. The average Bonchev–Trinajstić information content (AvgIpc) is 2.35. The van der Waals surface area contributed by atoms with E-state index >= 15 is 0 Å². The molecule has 0 aromatic rings. The Morgan fingerprint density at radius 3 is 1.89 bits per heavy atom. The van der Waals surface area contributed by atoms with Crippen LogP contribution in [0.4, 0.5) is 0 Å². The van der Waals surface area contributed by atoms with Crippen molar-refractivity contribution in [2.24, 2.45) is 0 Å². The van der Waals surface area contributed by atoms with Gasteiger partial charge in [0.1, 0.15) is 0 Å². The lowest BCUT2D eigenvalue weighted by Gasteiger charge is -2.30. The normalized spacial score (nSPS) is 13.7. The van der Waals surface area contributed by atoms with Crippen LogP contribution in [0.15, 0.2) is 0 Å². The fourth-order valence-corrected chi connectivity index (χ4v) is 2.70. The summed E-state index contributed by atoms with van der Waals surface area (Å²) in [4.78, 5) is 0. The topological polar surface area (TPSA) is 20.2 Å². The molecule has 0 saturated carbocycles. The van der Waals surface area contributed by atoms with Crippen molar-refractivity contribution in [3.8, 4) is 0 Å². The Morgan fingerprint density at radius 1 is 0.737 bits per heavy atom. The van der Waals surface area contributed by atoms with Crippen LogP contribution in [0.2, 0.25) is 0 Å². The van der Waals surface area contributed by atoms with Gasteiger partial charge in [-0.2, -0.15) is 0 Å². The summed E-state index contributed by atoms with van der Waals surface area (Å²) in [5, 5.41) is 10.0. The highest BCUT2D eigenvalue weighted by Gasteiger charge is 2.15. The third kappa shape index (κ3) is 12.7. The smallest absolute Gasteiger partial charge is 0.0807 e. The van der Waals surface area contributed by atoms with Crippen molar-refractivity contribution in [1.82, 2.24) is 0 Å². The molecule has 1 unspecified atom stereocenters. The molecule has 19 heavy (non-hydrogen) atoms. The summed E-state index contributed by atoms with van der Waals surface area (Å²) >= 11 is 0. The van der Waals surface area contributed by atoms with E-state index in [4.69, 9.17) is 0 Å². The Morgan fingerprint density at radius 2 is 1.32 bits per heavy atom. The number of quaternary nitrogens is 1. The van der Waals surface area contributed by atoms with Crippen LogP contribution in [-0.4, -0.2) is 42.9 Å². The van der Waals surface area contributed by atoms with Gasteiger partial charge in [-0.25, -0.2) is 0 Å². The minimum Gasteiger partial charge on any atom is -0.393 e. The molecule has 0 aliphatic rings. The maximum Gasteiger partial charge on any atom is 0.0807 e. The largest absolute Gasteiger partial charge is 0.393 e. The molecule has 0 bridgehead atoms. The van der Waals surface area contributed by atoms with Crippen molar-refractivity contribution >= 4 is 0 Å². The number of rotatable bonds is 13. The number of hydrogen-bond acceptors (Lipinski definition) is 1. The van der Waals surface area contributed by atoms with Crippen LogP contribution in [0, 0.1) is 0 Å². The van der Waals surface area contributed by atoms with Gasteiger partial charge in [0.15, 0.2) is 0 Å². The van der Waals surface area contributed by atoms with Crippen LogP contribution in [0.5, 0.6) is 0 Å². The van der Waals surface area contributed by atoms with Gasteiger partial charge in [0, 0.05) is 6.42 Å². The van der Waals surface area contributed by atoms with E-state index < -0.39 is 0 Å². The Labute approximate surface area is 121 Å². The summed E-state index contributed by atoms with van der Waals surface area (Å²) in [5.41, 5.74) is 0. The fourth-order valence-electron chi connectivity index (χ4n) is 2.70. The van der Waals surface area contributed by atoms with Crippen molar-refractivity contribution < 1.29 is 9.59 Å². The van der Waals surface area contributed by atoms with Gasteiger partial charge < -0.3 is 9.59 Å². The second-order valence-electron chi connectivity index (χ2n) is 6.74. The zero-order chi connectivity index (χ0) is 14.6. The first-order valence-corrected chi connectivity index (χ1v) is 8.52. The minimum atomic E-state index is -0.0788. The van der Waals surface area contributed by atoms with Crippen molar-refractivity contribution in [3.63, 3.8) is 0 Å². The highest BCUT2D eigenvalue weighted by atomic mass is 16.3. The molecule has 2 nitrogen and oxygen atoms in total. The molecule has 1 N–H and O–H groups in total.